The number of ether oxygens (including phenoxy) is 1. The Balaban J connectivity index is 1.16. The lowest BCUT2D eigenvalue weighted by molar-refractivity contribution is -0.106. The van der Waals surface area contributed by atoms with Gasteiger partial charge in [-0.15, -0.1) is 0 Å². The fourth-order valence-electron chi connectivity index (χ4n) is 6.44. The Bertz CT molecular complexity index is 777. The predicted molar refractivity (Wildman–Crippen MR) is 146 cm³/mol. The van der Waals surface area contributed by atoms with Crippen molar-refractivity contribution in [3.05, 3.63) is 0 Å². The molecule has 12 nitrogen and oxygen atoms in total. The van der Waals surface area contributed by atoms with Gasteiger partial charge in [-0.2, -0.15) is 0 Å². The van der Waals surface area contributed by atoms with E-state index in [9.17, 15) is 15.0 Å². The average molecular weight is 541 g/mol. The number of likely N-dealkylation sites (N-methyl/N-ethyl adjacent to an activating group) is 1. The van der Waals surface area contributed by atoms with Crippen molar-refractivity contribution in [2.24, 2.45) is 17.1 Å². The molecule has 3 unspecified atom stereocenters. The molecule has 1 saturated carbocycles. The molecule has 3 heterocycles. The van der Waals surface area contributed by atoms with Crippen molar-refractivity contribution in [2.45, 2.75) is 115 Å². The third kappa shape index (κ3) is 7.15. The molecule has 12 heteroatoms. The number of aliphatic hydroxyl groups excluding tert-OH is 2. The molecule has 0 aromatic carbocycles. The van der Waals surface area contributed by atoms with Crippen molar-refractivity contribution in [1.82, 2.24) is 36.4 Å². The van der Waals surface area contributed by atoms with Crippen LogP contribution in [0.1, 0.15) is 59.8 Å². The zero-order valence-corrected chi connectivity index (χ0v) is 23.8. The molecule has 4 fully saturated rings. The molecule has 4 rings (SSSR count). The molecule has 38 heavy (non-hydrogen) atoms. The van der Waals surface area contributed by atoms with Crippen molar-refractivity contribution in [1.29, 1.82) is 0 Å². The highest BCUT2D eigenvalue weighted by Gasteiger charge is 2.51. The minimum absolute atomic E-state index is 0.0110. The standard InChI is InChI=1S/C26H52N8O4/c1-15(31-25(37)32-17-8-6-16(7-9-17)26(2,3)4)10-11-33(5)12-18-20(35)21(36)24(38-18)34-14-30-19-22(27)28-13-29-23(19)34/h15-24,28-30,35-36H,6-14,27H2,1-5H3,(H2,31,32,37)/t15-,16?,17?,18+,19?,20+,21+,22?,23?,24+/m0/s1. The van der Waals surface area contributed by atoms with Crippen molar-refractivity contribution < 1.29 is 19.7 Å². The van der Waals surface area contributed by atoms with Gasteiger partial charge in [-0.1, -0.05) is 20.8 Å². The van der Waals surface area contributed by atoms with Crippen LogP contribution >= 0.6 is 0 Å². The number of rotatable bonds is 8. The van der Waals surface area contributed by atoms with Crippen LogP contribution in [0.15, 0.2) is 0 Å². The van der Waals surface area contributed by atoms with Gasteiger partial charge in [-0.05, 0) is 64.0 Å². The SMILES string of the molecule is C[C@@H](CCN(C)C[C@H]1O[C@@H](N2CNC3C(N)NCNC32)[C@H](O)[C@@H]1O)NC(=O)NC1CCC(C(C)(C)C)CC1. The number of urea groups is 1. The molecule has 8 atom stereocenters. The second-order valence-corrected chi connectivity index (χ2v) is 13.0. The number of nitrogens with two attached hydrogens (primary N) is 1. The van der Waals surface area contributed by atoms with Gasteiger partial charge in [0.05, 0.1) is 25.0 Å². The van der Waals surface area contributed by atoms with Crippen LogP contribution in [-0.2, 0) is 4.74 Å². The molecular weight excluding hydrogens is 488 g/mol. The molecule has 2 amide bonds. The van der Waals surface area contributed by atoms with E-state index < -0.39 is 24.5 Å². The zero-order valence-electron chi connectivity index (χ0n) is 23.8. The van der Waals surface area contributed by atoms with E-state index >= 15 is 0 Å². The van der Waals surface area contributed by atoms with E-state index in [1.165, 1.54) is 0 Å². The first kappa shape index (κ1) is 29.9. The number of aliphatic hydroxyl groups is 2. The maximum atomic E-state index is 12.5. The molecule has 3 saturated heterocycles. The number of nitrogens with one attached hydrogen (secondary N) is 5. The van der Waals surface area contributed by atoms with Gasteiger partial charge < -0.3 is 36.2 Å². The van der Waals surface area contributed by atoms with Crippen LogP contribution in [0, 0.1) is 11.3 Å². The lowest BCUT2D eigenvalue weighted by Gasteiger charge is -2.38. The fraction of sp³-hybridized carbons (Fsp3) is 0.962. The van der Waals surface area contributed by atoms with Crippen molar-refractivity contribution >= 4 is 6.03 Å². The first-order valence-corrected chi connectivity index (χ1v) is 14.4. The zero-order chi connectivity index (χ0) is 27.6. The Kier molecular flexibility index (Phi) is 9.92. The summed E-state index contributed by atoms with van der Waals surface area (Å²) in [5.74, 6) is 0.722. The third-order valence-corrected chi connectivity index (χ3v) is 9.01. The number of hydrogen-bond donors (Lipinski definition) is 8. The Labute approximate surface area is 227 Å². The molecule has 9 N–H and O–H groups in total. The molecular formula is C26H52N8O4. The van der Waals surface area contributed by atoms with E-state index in [1.807, 2.05) is 18.9 Å². The minimum atomic E-state index is -1.01. The molecule has 1 aliphatic carbocycles. The molecule has 0 radical (unpaired) electrons. The number of carbonyl (C=O) groups is 1. The Morgan fingerprint density at radius 3 is 2.55 bits per heavy atom. The number of hydrogen-bond acceptors (Lipinski definition) is 10. The lowest BCUT2D eigenvalue weighted by Crippen LogP contribution is -2.68. The summed E-state index contributed by atoms with van der Waals surface area (Å²) < 4.78 is 6.17. The van der Waals surface area contributed by atoms with E-state index in [-0.39, 0.29) is 36.5 Å². The van der Waals surface area contributed by atoms with E-state index in [4.69, 9.17) is 10.5 Å². The summed E-state index contributed by atoms with van der Waals surface area (Å²) in [5.41, 5.74) is 6.49. The van der Waals surface area contributed by atoms with Crippen LogP contribution in [0.3, 0.4) is 0 Å². The first-order valence-electron chi connectivity index (χ1n) is 14.4. The second-order valence-electron chi connectivity index (χ2n) is 13.0. The summed E-state index contributed by atoms with van der Waals surface area (Å²) in [6.45, 7) is 11.2. The Morgan fingerprint density at radius 1 is 1.16 bits per heavy atom. The fourth-order valence-corrected chi connectivity index (χ4v) is 6.44. The van der Waals surface area contributed by atoms with Crippen molar-refractivity contribution in [3.63, 3.8) is 0 Å². The lowest BCUT2D eigenvalue weighted by atomic mass is 9.71. The van der Waals surface area contributed by atoms with E-state index in [0.29, 0.717) is 25.3 Å². The van der Waals surface area contributed by atoms with Gasteiger partial charge in [0.25, 0.3) is 0 Å². The van der Waals surface area contributed by atoms with Crippen LogP contribution in [0.5, 0.6) is 0 Å². The van der Waals surface area contributed by atoms with Gasteiger partial charge in [0.15, 0.2) is 0 Å². The predicted octanol–water partition coefficient (Wildman–Crippen LogP) is -0.960. The van der Waals surface area contributed by atoms with E-state index in [1.54, 1.807) is 0 Å². The van der Waals surface area contributed by atoms with Gasteiger partial charge in [-0.25, -0.2) is 9.69 Å². The smallest absolute Gasteiger partial charge is 0.315 e. The summed E-state index contributed by atoms with van der Waals surface area (Å²) in [5, 5.41) is 37.6. The molecule has 0 aromatic heterocycles. The second kappa shape index (κ2) is 12.6. The van der Waals surface area contributed by atoms with E-state index in [0.717, 1.165) is 44.6 Å². The quantitative estimate of drug-likeness (QED) is 0.193. The van der Waals surface area contributed by atoms with Gasteiger partial charge in [0.2, 0.25) is 0 Å². The number of carbonyl (C=O) groups excluding carboxylic acids is 1. The summed E-state index contributed by atoms with van der Waals surface area (Å²) in [4.78, 5) is 16.6. The molecule has 4 aliphatic rings. The normalized spacial score (nSPS) is 39.2. The molecule has 3 aliphatic heterocycles. The van der Waals surface area contributed by atoms with Crippen LogP contribution in [-0.4, -0.2) is 115 Å². The topological polar surface area (TPSA) is 159 Å². The highest BCUT2D eigenvalue weighted by atomic mass is 16.6. The first-order chi connectivity index (χ1) is 17.9. The summed E-state index contributed by atoms with van der Waals surface area (Å²) in [6, 6.07) is 0.159. The van der Waals surface area contributed by atoms with Gasteiger partial charge >= 0.3 is 6.03 Å². The maximum Gasteiger partial charge on any atom is 0.315 e. The molecule has 0 bridgehead atoms. The largest absolute Gasteiger partial charge is 0.387 e. The monoisotopic (exact) mass is 540 g/mol. The van der Waals surface area contributed by atoms with Crippen LogP contribution in [0.2, 0.25) is 0 Å². The Morgan fingerprint density at radius 2 is 1.87 bits per heavy atom. The molecule has 0 spiro atoms. The molecule has 0 aromatic rings. The maximum absolute atomic E-state index is 12.5. The average Bonchev–Trinajstić information content (AvgIpc) is 3.40. The van der Waals surface area contributed by atoms with E-state index in [2.05, 4.69) is 52.3 Å². The van der Waals surface area contributed by atoms with Gasteiger partial charge in [0, 0.05) is 25.3 Å². The third-order valence-electron chi connectivity index (χ3n) is 9.01. The van der Waals surface area contributed by atoms with Crippen molar-refractivity contribution in [2.75, 3.05) is 33.5 Å². The van der Waals surface area contributed by atoms with Crippen LogP contribution in [0.25, 0.3) is 0 Å². The Hall–Kier alpha value is -1.09. The number of fused-ring (bicyclic) bond motifs is 1. The van der Waals surface area contributed by atoms with Crippen molar-refractivity contribution in [3.8, 4) is 0 Å². The summed E-state index contributed by atoms with van der Waals surface area (Å²) >= 11 is 0. The van der Waals surface area contributed by atoms with Crippen LogP contribution < -0.4 is 32.3 Å². The number of amides is 2. The molecule has 220 valence electrons. The van der Waals surface area contributed by atoms with Gasteiger partial charge in [-0.3, -0.25) is 16.0 Å². The summed E-state index contributed by atoms with van der Waals surface area (Å²) in [6.07, 6.45) is 1.78. The van der Waals surface area contributed by atoms with Crippen LogP contribution in [0.4, 0.5) is 4.79 Å². The highest BCUT2D eigenvalue weighted by Crippen LogP contribution is 2.37. The van der Waals surface area contributed by atoms with Gasteiger partial charge in [0.1, 0.15) is 24.5 Å². The minimum Gasteiger partial charge on any atom is -0.387 e. The number of nitrogens with zero attached hydrogens (tertiary/aromatic N) is 2. The highest BCUT2D eigenvalue weighted by molar-refractivity contribution is 5.74. The summed E-state index contributed by atoms with van der Waals surface area (Å²) in [7, 11) is 1.97.